The molecule has 24 heavy (non-hydrogen) atoms. The number of nitrogens with one attached hydrogen (secondary N) is 1. The van der Waals surface area contributed by atoms with Crippen molar-refractivity contribution < 1.29 is 27.2 Å². The standard InChI is InChI=1S/C16H15F2N3O3/c1-23-12-5-3-11(4-6-12)21-15-10(8-19-16(21)22)2-7-14(20-15)24-9-13(17)18/h2-7,13H,8-9H2,1H3,(H,19,22)/i1D3. The zero-order chi connectivity index (χ0) is 19.6. The summed E-state index contributed by atoms with van der Waals surface area (Å²) in [6.45, 7) is -0.577. The van der Waals surface area contributed by atoms with Crippen molar-refractivity contribution >= 4 is 17.5 Å². The molecular weight excluding hydrogens is 320 g/mol. The number of carbonyl (C=O) groups excluding carboxylic acids is 1. The fraction of sp³-hybridized carbons (Fsp3) is 0.250. The first-order valence-electron chi connectivity index (χ1n) is 8.51. The molecule has 2 amide bonds. The maximum atomic E-state index is 12.3. The van der Waals surface area contributed by atoms with Gasteiger partial charge in [-0.2, -0.15) is 4.98 Å². The number of anilines is 2. The number of benzene rings is 1. The Hall–Kier alpha value is -2.90. The van der Waals surface area contributed by atoms with Gasteiger partial charge in [0, 0.05) is 18.2 Å². The molecule has 0 saturated heterocycles. The number of nitrogens with zero attached hydrogens (tertiary/aromatic N) is 2. The Labute approximate surface area is 141 Å². The average molecular weight is 338 g/mol. The predicted octanol–water partition coefficient (Wildman–Crippen LogP) is 3.10. The van der Waals surface area contributed by atoms with Crippen LogP contribution in [0.15, 0.2) is 36.4 Å². The molecule has 126 valence electrons. The average Bonchev–Trinajstić information content (AvgIpc) is 2.59. The van der Waals surface area contributed by atoms with Crippen LogP contribution >= 0.6 is 0 Å². The van der Waals surface area contributed by atoms with E-state index in [1.807, 2.05) is 0 Å². The summed E-state index contributed by atoms with van der Waals surface area (Å²) >= 11 is 0. The van der Waals surface area contributed by atoms with E-state index in [1.165, 1.54) is 35.2 Å². The van der Waals surface area contributed by atoms with Crippen LogP contribution in [0, 0.1) is 0 Å². The second-order valence-electron chi connectivity index (χ2n) is 4.92. The lowest BCUT2D eigenvalue weighted by atomic mass is 10.2. The Morgan fingerprint density at radius 3 is 2.83 bits per heavy atom. The summed E-state index contributed by atoms with van der Waals surface area (Å²) in [5.74, 6) is 0.324. The van der Waals surface area contributed by atoms with Crippen LogP contribution in [0.5, 0.6) is 11.6 Å². The van der Waals surface area contributed by atoms with Crippen LogP contribution in [-0.4, -0.2) is 31.1 Å². The van der Waals surface area contributed by atoms with Crippen LogP contribution < -0.4 is 19.7 Å². The summed E-state index contributed by atoms with van der Waals surface area (Å²) in [6, 6.07) is 8.39. The Morgan fingerprint density at radius 2 is 2.12 bits per heavy atom. The molecule has 0 fully saturated rings. The number of urea groups is 1. The first kappa shape index (κ1) is 12.5. The number of pyridine rings is 1. The van der Waals surface area contributed by atoms with Gasteiger partial charge in [-0.3, -0.25) is 0 Å². The molecule has 1 aromatic heterocycles. The van der Waals surface area contributed by atoms with Crippen LogP contribution in [0.2, 0.25) is 0 Å². The van der Waals surface area contributed by atoms with E-state index in [1.54, 1.807) is 6.07 Å². The number of carbonyl (C=O) groups is 1. The Bertz CT molecular complexity index is 832. The molecule has 6 nitrogen and oxygen atoms in total. The molecule has 0 saturated carbocycles. The maximum absolute atomic E-state index is 12.3. The molecule has 0 bridgehead atoms. The third-order valence-electron chi connectivity index (χ3n) is 3.35. The number of hydrogen-bond acceptors (Lipinski definition) is 4. The summed E-state index contributed by atoms with van der Waals surface area (Å²) in [6.07, 6.45) is -2.65. The SMILES string of the molecule is [2H]C([2H])([2H])Oc1ccc(N2C(=O)NCc3ccc(OCC(F)F)nc32)cc1. The van der Waals surface area contributed by atoms with Gasteiger partial charge in [0.25, 0.3) is 6.43 Å². The number of alkyl halides is 2. The van der Waals surface area contributed by atoms with E-state index < -0.39 is 26.1 Å². The van der Waals surface area contributed by atoms with Crippen LogP contribution in [0.1, 0.15) is 9.68 Å². The second-order valence-corrected chi connectivity index (χ2v) is 4.92. The molecule has 2 aromatic rings. The molecule has 1 aromatic carbocycles. The first-order chi connectivity index (χ1) is 12.7. The topological polar surface area (TPSA) is 63.7 Å². The minimum absolute atomic E-state index is 0.0314. The number of aromatic nitrogens is 1. The van der Waals surface area contributed by atoms with Crippen molar-refractivity contribution in [2.24, 2.45) is 0 Å². The minimum Gasteiger partial charge on any atom is -0.497 e. The van der Waals surface area contributed by atoms with Crippen LogP contribution in [0.4, 0.5) is 25.1 Å². The minimum atomic E-state index is -2.65. The van der Waals surface area contributed by atoms with Crippen LogP contribution in [-0.2, 0) is 6.54 Å². The monoisotopic (exact) mass is 338 g/mol. The Kier molecular flexibility index (Phi) is 3.49. The van der Waals surface area contributed by atoms with Crippen molar-refractivity contribution in [3.05, 3.63) is 42.0 Å². The molecule has 2 heterocycles. The van der Waals surface area contributed by atoms with Gasteiger partial charge >= 0.3 is 6.03 Å². The molecule has 3 rings (SSSR count). The lowest BCUT2D eigenvalue weighted by Gasteiger charge is -2.29. The third-order valence-corrected chi connectivity index (χ3v) is 3.35. The number of rotatable bonds is 5. The molecule has 8 heteroatoms. The molecule has 1 aliphatic rings. The maximum Gasteiger partial charge on any atom is 0.327 e. The highest BCUT2D eigenvalue weighted by Gasteiger charge is 2.27. The first-order valence-corrected chi connectivity index (χ1v) is 7.01. The van der Waals surface area contributed by atoms with Gasteiger partial charge in [0.1, 0.15) is 11.6 Å². The molecule has 0 aliphatic carbocycles. The van der Waals surface area contributed by atoms with E-state index >= 15 is 0 Å². The summed E-state index contributed by atoms with van der Waals surface area (Å²) in [7, 11) is -2.59. The predicted molar refractivity (Wildman–Crippen MR) is 83.1 cm³/mol. The molecule has 0 radical (unpaired) electrons. The van der Waals surface area contributed by atoms with E-state index in [9.17, 15) is 13.6 Å². The van der Waals surface area contributed by atoms with E-state index in [0.717, 1.165) is 0 Å². The van der Waals surface area contributed by atoms with E-state index in [0.29, 0.717) is 11.3 Å². The van der Waals surface area contributed by atoms with Crippen molar-refractivity contribution in [2.75, 3.05) is 18.5 Å². The second kappa shape index (κ2) is 6.69. The van der Waals surface area contributed by atoms with Crippen molar-refractivity contribution in [1.29, 1.82) is 0 Å². The molecule has 0 spiro atoms. The van der Waals surface area contributed by atoms with Gasteiger partial charge in [0.15, 0.2) is 6.61 Å². The normalized spacial score (nSPS) is 15.9. The summed E-state index contributed by atoms with van der Waals surface area (Å²) in [5.41, 5.74) is 1.06. The fourth-order valence-electron chi connectivity index (χ4n) is 2.27. The van der Waals surface area contributed by atoms with Crippen molar-refractivity contribution in [2.45, 2.75) is 13.0 Å². The van der Waals surface area contributed by atoms with Crippen molar-refractivity contribution in [3.8, 4) is 11.6 Å². The van der Waals surface area contributed by atoms with Gasteiger partial charge in [-0.05, 0) is 30.3 Å². The van der Waals surface area contributed by atoms with Crippen molar-refractivity contribution in [3.63, 3.8) is 0 Å². The third kappa shape index (κ3) is 3.22. The van der Waals surface area contributed by atoms with Gasteiger partial charge in [-0.15, -0.1) is 0 Å². The van der Waals surface area contributed by atoms with Gasteiger partial charge in [-0.1, -0.05) is 0 Å². The Morgan fingerprint density at radius 1 is 1.33 bits per heavy atom. The summed E-state index contributed by atoms with van der Waals surface area (Å²) in [5, 5.41) is 2.67. The number of halogens is 2. The van der Waals surface area contributed by atoms with Gasteiger partial charge in [0.05, 0.1) is 16.8 Å². The van der Waals surface area contributed by atoms with Crippen LogP contribution in [0.3, 0.4) is 0 Å². The number of fused-ring (bicyclic) bond motifs is 1. The van der Waals surface area contributed by atoms with Gasteiger partial charge in [0.2, 0.25) is 5.88 Å². The van der Waals surface area contributed by atoms with Gasteiger partial charge in [-0.25, -0.2) is 18.5 Å². The zero-order valence-electron chi connectivity index (χ0n) is 15.3. The molecular formula is C16H15F2N3O3. The molecule has 0 atom stereocenters. The quantitative estimate of drug-likeness (QED) is 0.910. The number of hydrogen-bond donors (Lipinski definition) is 1. The molecule has 0 unspecified atom stereocenters. The molecule has 1 aliphatic heterocycles. The van der Waals surface area contributed by atoms with E-state index in [4.69, 9.17) is 13.6 Å². The highest BCUT2D eigenvalue weighted by Crippen LogP contribution is 2.32. The lowest BCUT2D eigenvalue weighted by Crippen LogP contribution is -2.41. The lowest BCUT2D eigenvalue weighted by molar-refractivity contribution is 0.0796. The van der Waals surface area contributed by atoms with Gasteiger partial charge < -0.3 is 14.8 Å². The highest BCUT2D eigenvalue weighted by molar-refractivity contribution is 6.00. The highest BCUT2D eigenvalue weighted by atomic mass is 19.3. The zero-order valence-corrected chi connectivity index (χ0v) is 12.3. The smallest absolute Gasteiger partial charge is 0.327 e. The van der Waals surface area contributed by atoms with E-state index in [2.05, 4.69) is 10.3 Å². The van der Waals surface area contributed by atoms with Crippen molar-refractivity contribution in [1.82, 2.24) is 10.3 Å². The van der Waals surface area contributed by atoms with E-state index in [-0.39, 0.29) is 24.0 Å². The van der Waals surface area contributed by atoms with Crippen LogP contribution in [0.25, 0.3) is 0 Å². The summed E-state index contributed by atoms with van der Waals surface area (Å²) in [4.78, 5) is 17.7. The number of amides is 2. The largest absolute Gasteiger partial charge is 0.497 e. The Balaban J connectivity index is 1.89. The number of methoxy groups -OCH3 is 1. The fourth-order valence-corrected chi connectivity index (χ4v) is 2.27. The number of ether oxygens (including phenoxy) is 2. The molecule has 1 N–H and O–H groups in total. The summed E-state index contributed by atoms with van der Waals surface area (Å²) < 4.78 is 55.7.